The fraction of sp³-hybridized carbons (Fsp3) is 0.357. The first kappa shape index (κ1) is 18.3. The summed E-state index contributed by atoms with van der Waals surface area (Å²) in [5.74, 6) is -1.03. The summed E-state index contributed by atoms with van der Waals surface area (Å²) in [5.41, 5.74) is 0.201. The van der Waals surface area contributed by atoms with E-state index in [0.717, 1.165) is 0 Å². The van der Waals surface area contributed by atoms with Gasteiger partial charge in [-0.15, -0.1) is 0 Å². The summed E-state index contributed by atoms with van der Waals surface area (Å²) in [7, 11) is 0. The summed E-state index contributed by atoms with van der Waals surface area (Å²) in [5, 5.41) is 8.08. The number of halogens is 2. The van der Waals surface area contributed by atoms with Crippen molar-refractivity contribution < 1.29 is 14.4 Å². The smallest absolute Gasteiger partial charge is 0.253 e. The number of benzene rings is 1. The van der Waals surface area contributed by atoms with E-state index >= 15 is 0 Å². The van der Waals surface area contributed by atoms with Crippen LogP contribution in [-0.4, -0.2) is 36.9 Å². The van der Waals surface area contributed by atoms with E-state index in [4.69, 9.17) is 23.2 Å². The Morgan fingerprint density at radius 2 is 1.77 bits per heavy atom. The number of carbonyl (C=O) groups excluding carboxylic acids is 3. The number of carbonyl (C=O) groups is 3. The third kappa shape index (κ3) is 5.54. The van der Waals surface area contributed by atoms with Gasteiger partial charge in [-0.25, -0.2) is 0 Å². The standard InChI is InChI=1S/C14H17Cl2N3O3/c1-8(13(21)18-7-6-17-9(2)20)19-14(22)10-4-3-5-11(15)12(10)16/h3-5,8H,6-7H2,1-2H3,(H,17,20)(H,18,21)(H,19,22)/t8-/m0/s1. The van der Waals surface area contributed by atoms with Crippen LogP contribution in [0.15, 0.2) is 18.2 Å². The summed E-state index contributed by atoms with van der Waals surface area (Å²) in [6, 6.07) is 3.94. The molecule has 0 aliphatic carbocycles. The lowest BCUT2D eigenvalue weighted by molar-refractivity contribution is -0.123. The zero-order valence-electron chi connectivity index (χ0n) is 12.2. The average Bonchev–Trinajstić information content (AvgIpc) is 2.45. The molecule has 6 nitrogen and oxygen atoms in total. The van der Waals surface area contributed by atoms with Gasteiger partial charge >= 0.3 is 0 Å². The first-order chi connectivity index (χ1) is 10.3. The minimum atomic E-state index is -0.750. The van der Waals surface area contributed by atoms with Crippen LogP contribution in [0.25, 0.3) is 0 Å². The van der Waals surface area contributed by atoms with Gasteiger partial charge in [-0.2, -0.15) is 0 Å². The van der Waals surface area contributed by atoms with Crippen LogP contribution < -0.4 is 16.0 Å². The summed E-state index contributed by atoms with van der Waals surface area (Å²) in [4.78, 5) is 34.5. The van der Waals surface area contributed by atoms with Crippen LogP contribution in [0.2, 0.25) is 10.0 Å². The van der Waals surface area contributed by atoms with Crippen LogP contribution in [0, 0.1) is 0 Å². The van der Waals surface area contributed by atoms with Crippen LogP contribution >= 0.6 is 23.2 Å². The van der Waals surface area contributed by atoms with Gasteiger partial charge in [0.05, 0.1) is 15.6 Å². The maximum absolute atomic E-state index is 12.1. The van der Waals surface area contributed by atoms with Gasteiger partial charge in [0.15, 0.2) is 0 Å². The molecule has 0 saturated carbocycles. The zero-order chi connectivity index (χ0) is 16.7. The fourth-order valence-electron chi connectivity index (χ4n) is 1.60. The second-order valence-corrected chi connectivity index (χ2v) is 5.36. The first-order valence-corrected chi connectivity index (χ1v) is 7.35. The van der Waals surface area contributed by atoms with E-state index in [-0.39, 0.29) is 34.0 Å². The summed E-state index contributed by atoms with van der Waals surface area (Å²) in [6.07, 6.45) is 0. The molecule has 0 spiro atoms. The van der Waals surface area contributed by atoms with Crippen molar-refractivity contribution in [2.45, 2.75) is 19.9 Å². The molecule has 3 amide bonds. The van der Waals surface area contributed by atoms with Crippen LogP contribution in [0.3, 0.4) is 0 Å². The van der Waals surface area contributed by atoms with Gasteiger partial charge in [-0.1, -0.05) is 29.3 Å². The molecule has 22 heavy (non-hydrogen) atoms. The van der Waals surface area contributed by atoms with Crippen molar-refractivity contribution >= 4 is 40.9 Å². The molecule has 1 rings (SSSR count). The summed E-state index contributed by atoms with van der Waals surface area (Å²) < 4.78 is 0. The van der Waals surface area contributed by atoms with Crippen molar-refractivity contribution in [1.29, 1.82) is 0 Å². The van der Waals surface area contributed by atoms with E-state index in [2.05, 4.69) is 16.0 Å². The van der Waals surface area contributed by atoms with Gasteiger partial charge in [0, 0.05) is 20.0 Å². The van der Waals surface area contributed by atoms with E-state index in [0.29, 0.717) is 6.54 Å². The molecule has 0 aliphatic heterocycles. The Bertz CT molecular complexity index is 578. The normalized spacial score (nSPS) is 11.5. The maximum Gasteiger partial charge on any atom is 0.253 e. The van der Waals surface area contributed by atoms with E-state index in [1.165, 1.54) is 13.0 Å². The van der Waals surface area contributed by atoms with Gasteiger partial charge in [0.2, 0.25) is 11.8 Å². The largest absolute Gasteiger partial charge is 0.355 e. The Morgan fingerprint density at radius 3 is 2.41 bits per heavy atom. The molecule has 1 atom stereocenters. The monoisotopic (exact) mass is 345 g/mol. The SMILES string of the molecule is CC(=O)NCCNC(=O)[C@H](C)NC(=O)c1cccc(Cl)c1Cl. The third-order valence-electron chi connectivity index (χ3n) is 2.74. The van der Waals surface area contributed by atoms with Crippen LogP contribution in [-0.2, 0) is 9.59 Å². The predicted octanol–water partition coefficient (Wildman–Crippen LogP) is 1.36. The summed E-state index contributed by atoms with van der Waals surface area (Å²) >= 11 is 11.8. The third-order valence-corrected chi connectivity index (χ3v) is 3.55. The average molecular weight is 346 g/mol. The molecule has 1 aromatic carbocycles. The van der Waals surface area contributed by atoms with Crippen LogP contribution in [0.1, 0.15) is 24.2 Å². The van der Waals surface area contributed by atoms with Gasteiger partial charge in [-0.05, 0) is 19.1 Å². The van der Waals surface area contributed by atoms with Gasteiger partial charge < -0.3 is 16.0 Å². The van der Waals surface area contributed by atoms with Gasteiger partial charge in [0.1, 0.15) is 6.04 Å². The minimum absolute atomic E-state index is 0.139. The van der Waals surface area contributed by atoms with Gasteiger partial charge in [0.25, 0.3) is 5.91 Å². The zero-order valence-corrected chi connectivity index (χ0v) is 13.7. The van der Waals surface area contributed by atoms with E-state index in [1.54, 1.807) is 19.1 Å². The Morgan fingerprint density at radius 1 is 1.14 bits per heavy atom. The molecule has 0 saturated heterocycles. The highest BCUT2D eigenvalue weighted by atomic mass is 35.5. The van der Waals surface area contributed by atoms with Crippen molar-refractivity contribution in [2.75, 3.05) is 13.1 Å². The van der Waals surface area contributed by atoms with Crippen molar-refractivity contribution in [3.05, 3.63) is 33.8 Å². The molecule has 8 heteroatoms. The van der Waals surface area contributed by atoms with E-state index < -0.39 is 11.9 Å². The van der Waals surface area contributed by atoms with Crippen molar-refractivity contribution in [2.24, 2.45) is 0 Å². The molecule has 1 aromatic rings. The van der Waals surface area contributed by atoms with E-state index in [9.17, 15) is 14.4 Å². The predicted molar refractivity (Wildman–Crippen MR) is 85.1 cm³/mol. The topological polar surface area (TPSA) is 87.3 Å². The fourth-order valence-corrected chi connectivity index (χ4v) is 1.98. The molecule has 120 valence electrons. The molecular weight excluding hydrogens is 329 g/mol. The molecule has 0 fully saturated rings. The second kappa shape index (κ2) is 8.60. The Balaban J connectivity index is 2.51. The van der Waals surface area contributed by atoms with Crippen molar-refractivity contribution in [3.63, 3.8) is 0 Å². The van der Waals surface area contributed by atoms with Gasteiger partial charge in [-0.3, -0.25) is 14.4 Å². The number of hydrogen-bond acceptors (Lipinski definition) is 3. The van der Waals surface area contributed by atoms with Crippen LogP contribution in [0.5, 0.6) is 0 Å². The second-order valence-electron chi connectivity index (χ2n) is 4.57. The molecule has 0 aliphatic rings. The number of nitrogens with one attached hydrogen (secondary N) is 3. The number of rotatable bonds is 6. The Labute approximate surface area is 138 Å². The first-order valence-electron chi connectivity index (χ1n) is 6.60. The lowest BCUT2D eigenvalue weighted by Crippen LogP contribution is -2.46. The lowest BCUT2D eigenvalue weighted by atomic mass is 10.2. The molecule has 0 radical (unpaired) electrons. The lowest BCUT2D eigenvalue weighted by Gasteiger charge is -2.15. The highest BCUT2D eigenvalue weighted by Crippen LogP contribution is 2.25. The van der Waals surface area contributed by atoms with Crippen LogP contribution in [0.4, 0.5) is 0 Å². The summed E-state index contributed by atoms with van der Waals surface area (Å²) in [6.45, 7) is 3.53. The maximum atomic E-state index is 12.1. The highest BCUT2D eigenvalue weighted by Gasteiger charge is 2.18. The van der Waals surface area contributed by atoms with Crippen molar-refractivity contribution in [3.8, 4) is 0 Å². The Kier molecular flexibility index (Phi) is 7.14. The number of amides is 3. The quantitative estimate of drug-likeness (QED) is 0.680. The molecular formula is C14H17Cl2N3O3. The van der Waals surface area contributed by atoms with E-state index in [1.807, 2.05) is 0 Å². The molecule has 0 aromatic heterocycles. The molecule has 0 heterocycles. The Hall–Kier alpha value is -1.79. The minimum Gasteiger partial charge on any atom is -0.355 e. The molecule has 3 N–H and O–H groups in total. The van der Waals surface area contributed by atoms with Crippen molar-refractivity contribution in [1.82, 2.24) is 16.0 Å². The number of hydrogen-bond donors (Lipinski definition) is 3. The highest BCUT2D eigenvalue weighted by molar-refractivity contribution is 6.43. The molecule has 0 bridgehead atoms. The molecule has 0 unspecified atom stereocenters.